The zero-order valence-electron chi connectivity index (χ0n) is 8.53. The Morgan fingerprint density at radius 1 is 1.54 bits per heavy atom. The average molecular weight is 202 g/mol. The number of hydrogen-bond donors (Lipinski definition) is 1. The topological polar surface area (TPSA) is 23.6 Å². The zero-order valence-corrected chi connectivity index (χ0v) is 9.42. The van der Waals surface area contributed by atoms with Crippen molar-refractivity contribution in [3.8, 4) is 0 Å². The molecule has 4 heteroatoms. The minimum Gasteiger partial charge on any atom is -0.340 e. The third-order valence-electron chi connectivity index (χ3n) is 2.72. The molecule has 0 saturated carbocycles. The van der Waals surface area contributed by atoms with Gasteiger partial charge in [-0.1, -0.05) is 6.92 Å². The molecule has 1 heterocycles. The average Bonchev–Trinajstić information content (AvgIpc) is 2.46. The summed E-state index contributed by atoms with van der Waals surface area (Å²) in [4.78, 5) is 15.5. The van der Waals surface area contributed by atoms with Gasteiger partial charge in [0, 0.05) is 19.1 Å². The lowest BCUT2D eigenvalue weighted by Gasteiger charge is -2.22. The second-order valence-electron chi connectivity index (χ2n) is 3.97. The molecule has 1 amide bonds. The van der Waals surface area contributed by atoms with Crippen LogP contribution in [0.25, 0.3) is 0 Å². The maximum absolute atomic E-state index is 11.4. The van der Waals surface area contributed by atoms with Gasteiger partial charge in [-0.25, -0.2) is 0 Å². The molecule has 0 bridgehead atoms. The Morgan fingerprint density at radius 3 is 2.54 bits per heavy atom. The molecule has 0 radical (unpaired) electrons. The Balaban J connectivity index is 2.54. The van der Waals surface area contributed by atoms with Crippen molar-refractivity contribution >= 4 is 18.5 Å². The van der Waals surface area contributed by atoms with Gasteiger partial charge in [0.15, 0.2) is 0 Å². The van der Waals surface area contributed by atoms with E-state index in [1.165, 1.54) is 0 Å². The number of carbonyl (C=O) groups excluding carboxylic acids is 1. The van der Waals surface area contributed by atoms with E-state index in [1.54, 1.807) is 0 Å². The van der Waals surface area contributed by atoms with Crippen molar-refractivity contribution in [3.63, 3.8) is 0 Å². The predicted octanol–water partition coefficient (Wildman–Crippen LogP) is 0.325. The highest BCUT2D eigenvalue weighted by Crippen LogP contribution is 2.19. The van der Waals surface area contributed by atoms with E-state index in [0.717, 1.165) is 13.1 Å². The maximum atomic E-state index is 11.4. The molecule has 0 N–H and O–H groups in total. The number of likely N-dealkylation sites (tertiary alicyclic amines) is 1. The lowest BCUT2D eigenvalue weighted by molar-refractivity contribution is -0.127. The van der Waals surface area contributed by atoms with Crippen LogP contribution in [-0.4, -0.2) is 54.7 Å². The SMILES string of the molecule is CC1CN(C(=O)CS)CC1N(C)C. The Labute approximate surface area is 85.5 Å². The van der Waals surface area contributed by atoms with Crippen LogP contribution in [-0.2, 0) is 4.79 Å². The van der Waals surface area contributed by atoms with Crippen molar-refractivity contribution in [3.05, 3.63) is 0 Å². The summed E-state index contributed by atoms with van der Waals surface area (Å²) < 4.78 is 0. The molecule has 0 aromatic heterocycles. The zero-order chi connectivity index (χ0) is 10.0. The van der Waals surface area contributed by atoms with E-state index in [9.17, 15) is 4.79 Å². The van der Waals surface area contributed by atoms with Crippen LogP contribution in [0, 0.1) is 5.92 Å². The fourth-order valence-electron chi connectivity index (χ4n) is 1.93. The minimum atomic E-state index is 0.152. The molecular weight excluding hydrogens is 184 g/mol. The fraction of sp³-hybridized carbons (Fsp3) is 0.889. The molecule has 13 heavy (non-hydrogen) atoms. The lowest BCUT2D eigenvalue weighted by Crippen LogP contribution is -2.36. The summed E-state index contributed by atoms with van der Waals surface area (Å²) in [5.41, 5.74) is 0. The van der Waals surface area contributed by atoms with Gasteiger partial charge in [-0.15, -0.1) is 0 Å². The number of carbonyl (C=O) groups is 1. The molecule has 3 nitrogen and oxygen atoms in total. The van der Waals surface area contributed by atoms with Gasteiger partial charge in [0.25, 0.3) is 0 Å². The number of amides is 1. The van der Waals surface area contributed by atoms with E-state index in [2.05, 4.69) is 38.5 Å². The number of thiol groups is 1. The first-order valence-electron chi connectivity index (χ1n) is 4.61. The number of rotatable bonds is 2. The monoisotopic (exact) mass is 202 g/mol. The van der Waals surface area contributed by atoms with Crippen LogP contribution < -0.4 is 0 Å². The van der Waals surface area contributed by atoms with Crippen molar-refractivity contribution in [1.29, 1.82) is 0 Å². The quantitative estimate of drug-likeness (QED) is 0.652. The van der Waals surface area contributed by atoms with Crippen LogP contribution in [0.2, 0.25) is 0 Å². The smallest absolute Gasteiger partial charge is 0.232 e. The number of hydrogen-bond acceptors (Lipinski definition) is 3. The van der Waals surface area contributed by atoms with Crippen LogP contribution in [0.15, 0.2) is 0 Å². The minimum absolute atomic E-state index is 0.152. The first-order chi connectivity index (χ1) is 6.06. The van der Waals surface area contributed by atoms with Crippen LogP contribution in [0.5, 0.6) is 0 Å². The third kappa shape index (κ3) is 2.38. The van der Waals surface area contributed by atoms with Crippen molar-refractivity contribution in [2.45, 2.75) is 13.0 Å². The normalized spacial score (nSPS) is 28.5. The number of likely N-dealkylation sites (N-methyl/N-ethyl adjacent to an activating group) is 1. The van der Waals surface area contributed by atoms with E-state index in [-0.39, 0.29) is 5.91 Å². The molecule has 2 unspecified atom stereocenters. The summed E-state index contributed by atoms with van der Waals surface area (Å²) in [5, 5.41) is 0. The molecule has 1 fully saturated rings. The summed E-state index contributed by atoms with van der Waals surface area (Å²) in [6.07, 6.45) is 0. The molecule has 2 atom stereocenters. The Morgan fingerprint density at radius 2 is 2.15 bits per heavy atom. The van der Waals surface area contributed by atoms with Gasteiger partial charge < -0.3 is 9.80 Å². The fourth-order valence-corrected chi connectivity index (χ4v) is 2.13. The molecule has 0 aromatic carbocycles. The predicted molar refractivity (Wildman–Crippen MR) is 57.1 cm³/mol. The second kappa shape index (κ2) is 4.33. The first kappa shape index (κ1) is 10.9. The summed E-state index contributed by atoms with van der Waals surface area (Å²) in [5.74, 6) is 1.05. The van der Waals surface area contributed by atoms with Crippen LogP contribution >= 0.6 is 12.6 Å². The molecule has 1 saturated heterocycles. The maximum Gasteiger partial charge on any atom is 0.232 e. The van der Waals surface area contributed by atoms with Gasteiger partial charge in [0.2, 0.25) is 5.91 Å². The summed E-state index contributed by atoms with van der Waals surface area (Å²) in [7, 11) is 4.13. The third-order valence-corrected chi connectivity index (χ3v) is 2.99. The van der Waals surface area contributed by atoms with Crippen LogP contribution in [0.1, 0.15) is 6.92 Å². The van der Waals surface area contributed by atoms with Gasteiger partial charge in [0.1, 0.15) is 0 Å². The lowest BCUT2D eigenvalue weighted by atomic mass is 10.1. The first-order valence-corrected chi connectivity index (χ1v) is 5.24. The van der Waals surface area contributed by atoms with Gasteiger partial charge in [-0.2, -0.15) is 12.6 Å². The molecule has 76 valence electrons. The van der Waals surface area contributed by atoms with E-state index in [4.69, 9.17) is 0 Å². The molecule has 1 aliphatic heterocycles. The molecular formula is C9H18N2OS. The summed E-state index contributed by atoms with van der Waals surface area (Å²) in [6.45, 7) is 3.92. The molecule has 0 spiro atoms. The highest BCUT2D eigenvalue weighted by atomic mass is 32.1. The standard InChI is InChI=1S/C9H18N2OS/c1-7-4-11(9(12)6-13)5-8(7)10(2)3/h7-8,13H,4-6H2,1-3H3. The van der Waals surface area contributed by atoms with Crippen molar-refractivity contribution in [2.24, 2.45) is 5.92 Å². The van der Waals surface area contributed by atoms with Gasteiger partial charge >= 0.3 is 0 Å². The van der Waals surface area contributed by atoms with Gasteiger partial charge in [-0.05, 0) is 20.0 Å². The van der Waals surface area contributed by atoms with Crippen LogP contribution in [0.3, 0.4) is 0 Å². The van der Waals surface area contributed by atoms with Gasteiger partial charge in [-0.3, -0.25) is 4.79 Å². The Hall–Kier alpha value is -0.220. The second-order valence-corrected chi connectivity index (χ2v) is 4.28. The van der Waals surface area contributed by atoms with Gasteiger partial charge in [0.05, 0.1) is 5.75 Å². The molecule has 0 aliphatic carbocycles. The molecule has 1 rings (SSSR count). The molecule has 0 aromatic rings. The Bertz CT molecular complexity index is 196. The van der Waals surface area contributed by atoms with Crippen LogP contribution in [0.4, 0.5) is 0 Å². The van der Waals surface area contributed by atoms with Crippen molar-refractivity contribution in [2.75, 3.05) is 32.9 Å². The number of nitrogens with zero attached hydrogens (tertiary/aromatic N) is 2. The van der Waals surface area contributed by atoms with E-state index < -0.39 is 0 Å². The highest BCUT2D eigenvalue weighted by Gasteiger charge is 2.32. The highest BCUT2D eigenvalue weighted by molar-refractivity contribution is 7.81. The molecule has 1 aliphatic rings. The van der Waals surface area contributed by atoms with E-state index in [1.807, 2.05) is 4.90 Å². The largest absolute Gasteiger partial charge is 0.340 e. The van der Waals surface area contributed by atoms with Crippen molar-refractivity contribution < 1.29 is 4.79 Å². The van der Waals surface area contributed by atoms with Crippen molar-refractivity contribution in [1.82, 2.24) is 9.80 Å². The summed E-state index contributed by atoms with van der Waals surface area (Å²) >= 11 is 4.00. The van der Waals surface area contributed by atoms with E-state index in [0.29, 0.717) is 17.7 Å². The van der Waals surface area contributed by atoms with E-state index >= 15 is 0 Å². The summed E-state index contributed by atoms with van der Waals surface area (Å²) in [6, 6.07) is 0.504. The Kier molecular flexibility index (Phi) is 3.62.